The predicted octanol–water partition coefficient (Wildman–Crippen LogP) is 12.8. The zero-order chi connectivity index (χ0) is 37.8. The first-order valence-corrected chi connectivity index (χ1v) is 19.3. The molecule has 0 amide bonds. The molecule has 0 saturated heterocycles. The van der Waals surface area contributed by atoms with E-state index in [1.165, 1.54) is 50.7 Å². The normalized spacial score (nSPS) is 15.8. The molecule has 0 spiro atoms. The van der Waals surface area contributed by atoms with E-state index in [2.05, 4.69) is 46.2 Å². The van der Waals surface area contributed by atoms with Gasteiger partial charge in [0.1, 0.15) is 0 Å². The van der Waals surface area contributed by atoms with Gasteiger partial charge in [0.2, 0.25) is 0 Å². The number of benzene rings is 4. The van der Waals surface area contributed by atoms with Gasteiger partial charge >= 0.3 is 21.7 Å². The maximum atomic E-state index is 14.2. The van der Waals surface area contributed by atoms with E-state index in [1.807, 2.05) is 85.0 Å². The van der Waals surface area contributed by atoms with Gasteiger partial charge in [0.25, 0.3) is 0 Å². The van der Waals surface area contributed by atoms with Gasteiger partial charge in [0.05, 0.1) is 0 Å². The SMILES string of the molecule is Fc1[c-]c(F)c(N(Cc2ccccc2)C2CCCCC2)cc1.Fc1[c-]c(F)c(N(Cc2ccccc2)C2CCCCC2)cc1.[C-]1=CC=CC1.[C-]1=CC=CC1.[Ti+4]. The quantitative estimate of drug-likeness (QED) is 0.0999. The molecule has 4 aromatic rings. The molecule has 0 unspecified atom stereocenters. The fraction of sp³-hybridized carbons (Fsp3) is 0.333. The monoisotopic (exact) mass is 778 g/mol. The fourth-order valence-electron chi connectivity index (χ4n) is 7.16. The molecule has 284 valence electrons. The van der Waals surface area contributed by atoms with Crippen molar-refractivity contribution in [3.05, 3.63) is 180 Å². The van der Waals surface area contributed by atoms with Crippen LogP contribution in [0.1, 0.15) is 88.2 Å². The molecule has 0 N–H and O–H groups in total. The van der Waals surface area contributed by atoms with Crippen LogP contribution in [0.3, 0.4) is 0 Å². The van der Waals surface area contributed by atoms with E-state index in [9.17, 15) is 17.6 Å². The van der Waals surface area contributed by atoms with E-state index in [-0.39, 0.29) is 21.7 Å². The smallest absolute Gasteiger partial charge is 0.414 e. The number of nitrogens with zero attached hydrogens (tertiary/aromatic N) is 2. The largest absolute Gasteiger partial charge is 4.00 e. The summed E-state index contributed by atoms with van der Waals surface area (Å²) >= 11 is 0. The third-order valence-electron chi connectivity index (χ3n) is 9.90. The van der Waals surface area contributed by atoms with Crippen molar-refractivity contribution in [1.29, 1.82) is 0 Å². The Kier molecular flexibility index (Phi) is 19.3. The number of anilines is 2. The topological polar surface area (TPSA) is 6.48 Å². The van der Waals surface area contributed by atoms with Crippen molar-refractivity contribution in [1.82, 2.24) is 0 Å². The molecule has 55 heavy (non-hydrogen) atoms. The molecule has 0 bridgehead atoms. The number of rotatable bonds is 8. The van der Waals surface area contributed by atoms with Crippen molar-refractivity contribution < 1.29 is 39.3 Å². The molecule has 0 atom stereocenters. The van der Waals surface area contributed by atoms with Crippen LogP contribution in [-0.4, -0.2) is 12.1 Å². The second-order valence-electron chi connectivity index (χ2n) is 13.8. The Bertz CT molecular complexity index is 1640. The molecule has 0 aliphatic heterocycles. The van der Waals surface area contributed by atoms with Crippen molar-refractivity contribution in [2.24, 2.45) is 0 Å². The van der Waals surface area contributed by atoms with Crippen LogP contribution in [0.2, 0.25) is 0 Å². The van der Waals surface area contributed by atoms with Gasteiger partial charge in [0.15, 0.2) is 0 Å². The minimum Gasteiger partial charge on any atom is -0.414 e. The van der Waals surface area contributed by atoms with Crippen LogP contribution in [0.5, 0.6) is 0 Å². The van der Waals surface area contributed by atoms with E-state index < -0.39 is 23.3 Å². The minimum atomic E-state index is -0.649. The third-order valence-corrected chi connectivity index (χ3v) is 9.90. The number of allylic oxidation sites excluding steroid dienone is 8. The average molecular weight is 779 g/mol. The number of hydrogen-bond donors (Lipinski definition) is 0. The molecule has 0 radical (unpaired) electrons. The molecule has 4 aromatic carbocycles. The van der Waals surface area contributed by atoms with E-state index in [4.69, 9.17) is 0 Å². The molecule has 2 saturated carbocycles. The Balaban J connectivity index is 0.000000192. The van der Waals surface area contributed by atoms with Crippen LogP contribution in [0.15, 0.2) is 121 Å². The van der Waals surface area contributed by atoms with Crippen LogP contribution in [-0.2, 0) is 34.8 Å². The van der Waals surface area contributed by atoms with E-state index in [1.54, 1.807) is 12.1 Å². The van der Waals surface area contributed by atoms with Gasteiger partial charge in [-0.25, -0.2) is 41.9 Å². The summed E-state index contributed by atoms with van der Waals surface area (Å²) in [7, 11) is 0. The first kappa shape index (κ1) is 43.6. The summed E-state index contributed by atoms with van der Waals surface area (Å²) in [5, 5.41) is 0. The van der Waals surface area contributed by atoms with Crippen molar-refractivity contribution in [2.45, 2.75) is 102 Å². The van der Waals surface area contributed by atoms with Crippen molar-refractivity contribution >= 4 is 11.4 Å². The van der Waals surface area contributed by atoms with Crippen LogP contribution in [0.25, 0.3) is 0 Å². The van der Waals surface area contributed by atoms with Gasteiger partial charge in [-0.05, 0) is 48.2 Å². The summed E-state index contributed by atoms with van der Waals surface area (Å²) in [6.07, 6.45) is 31.4. The summed E-state index contributed by atoms with van der Waals surface area (Å²) in [6.45, 7) is 1.28. The Morgan fingerprint density at radius 2 is 0.873 bits per heavy atom. The number of hydrogen-bond acceptors (Lipinski definition) is 2. The van der Waals surface area contributed by atoms with Crippen LogP contribution in [0.4, 0.5) is 28.9 Å². The molecule has 0 heterocycles. The van der Waals surface area contributed by atoms with E-state index in [0.717, 1.165) is 49.7 Å². The predicted molar refractivity (Wildman–Crippen MR) is 213 cm³/mol. The zero-order valence-electron chi connectivity index (χ0n) is 31.5. The molecule has 0 aromatic heterocycles. The molecule has 7 heteroatoms. The van der Waals surface area contributed by atoms with Gasteiger partial charge < -0.3 is 9.80 Å². The summed E-state index contributed by atoms with van der Waals surface area (Å²) in [6, 6.07) is 30.7. The van der Waals surface area contributed by atoms with Crippen LogP contribution >= 0.6 is 0 Å². The summed E-state index contributed by atoms with van der Waals surface area (Å²) < 4.78 is 54.8. The molecule has 8 rings (SSSR count). The second kappa shape index (κ2) is 24.4. The molecule has 4 aliphatic carbocycles. The first-order valence-electron chi connectivity index (χ1n) is 19.3. The molecular weight excluding hydrogens is 728 g/mol. The molecular formula is C48H50F4N2Ti. The Labute approximate surface area is 341 Å². The Hall–Kier alpha value is -4.13. The first-order chi connectivity index (χ1) is 26.5. The van der Waals surface area contributed by atoms with Crippen molar-refractivity contribution in [3.63, 3.8) is 0 Å². The van der Waals surface area contributed by atoms with Crippen molar-refractivity contribution in [3.8, 4) is 0 Å². The standard InChI is InChI=1S/2C19H20F2N.2C5H5.Ti/c2*20-16-11-12-19(18(21)13-16)22(17-9-5-2-6-10-17)14-15-7-3-1-4-8-15;2*1-2-4-5-3-1;/h2*1,3-4,7-8,11-12,17H,2,5-6,9-10,14H2;2*1-3H,4H2;/q4*-1;+4. The summed E-state index contributed by atoms with van der Waals surface area (Å²) in [5.41, 5.74) is 3.18. The van der Waals surface area contributed by atoms with Crippen LogP contribution < -0.4 is 9.80 Å². The summed E-state index contributed by atoms with van der Waals surface area (Å²) in [5.74, 6) is -2.49. The molecule has 2 fully saturated rings. The zero-order valence-corrected chi connectivity index (χ0v) is 33.1. The van der Waals surface area contributed by atoms with Gasteiger partial charge in [-0.1, -0.05) is 99.2 Å². The van der Waals surface area contributed by atoms with Gasteiger partial charge in [0, 0.05) is 48.4 Å². The minimum absolute atomic E-state index is 0. The second-order valence-corrected chi connectivity index (χ2v) is 13.8. The number of halogens is 4. The van der Waals surface area contributed by atoms with E-state index in [0.29, 0.717) is 36.5 Å². The molecule has 4 aliphatic rings. The third kappa shape index (κ3) is 14.8. The summed E-state index contributed by atoms with van der Waals surface area (Å²) in [4.78, 5) is 4.17. The maximum Gasteiger partial charge on any atom is 4.00 e. The van der Waals surface area contributed by atoms with Crippen molar-refractivity contribution in [2.75, 3.05) is 9.80 Å². The molecule has 2 nitrogen and oxygen atoms in total. The Morgan fingerprint density at radius 1 is 0.491 bits per heavy atom. The van der Waals surface area contributed by atoms with Gasteiger partial charge in [-0.3, -0.25) is 12.2 Å². The van der Waals surface area contributed by atoms with Gasteiger partial charge in [-0.15, -0.1) is 49.2 Å². The maximum absolute atomic E-state index is 14.2. The average Bonchev–Trinajstić information content (AvgIpc) is 4.00. The van der Waals surface area contributed by atoms with Gasteiger partial charge in [-0.2, -0.15) is 12.2 Å². The van der Waals surface area contributed by atoms with Crippen LogP contribution in [0, 0.1) is 47.6 Å². The van der Waals surface area contributed by atoms with E-state index >= 15 is 0 Å². The fourth-order valence-corrected chi connectivity index (χ4v) is 7.16. The Morgan fingerprint density at radius 3 is 1.16 bits per heavy atom.